The van der Waals surface area contributed by atoms with Crippen molar-refractivity contribution in [3.63, 3.8) is 0 Å². The lowest BCUT2D eigenvalue weighted by Crippen LogP contribution is -2.53. The Morgan fingerprint density at radius 2 is 1.42 bits per heavy atom. The minimum atomic E-state index is -0.606. The number of rotatable bonds is 11. The minimum absolute atomic E-state index is 0.0199. The summed E-state index contributed by atoms with van der Waals surface area (Å²) in [7, 11) is 0. The number of piperidine rings is 3. The molecule has 69 heavy (non-hydrogen) atoms. The molecule has 3 amide bonds. The summed E-state index contributed by atoms with van der Waals surface area (Å²) in [6.45, 7) is 6.32. The molecule has 4 saturated heterocycles. The van der Waals surface area contributed by atoms with E-state index < -0.39 is 17.8 Å². The first kappa shape index (κ1) is 46.9. The second kappa shape index (κ2) is 21.1. The third-order valence-electron chi connectivity index (χ3n) is 15.8. The van der Waals surface area contributed by atoms with Crippen molar-refractivity contribution in [1.29, 1.82) is 0 Å². The number of nitrogens with one attached hydrogen (secondary N) is 2. The largest absolute Gasteiger partial charge is 0.375 e. The number of carbonyl (C=O) groups is 3. The molecule has 5 aromatic rings. The lowest BCUT2D eigenvalue weighted by molar-refractivity contribution is -0.141. The molecular formula is C54H65FN8O6. The maximum atomic E-state index is 15.1. The van der Waals surface area contributed by atoms with E-state index in [1.165, 1.54) is 18.1 Å². The molecule has 1 aliphatic carbocycles. The molecule has 2 aromatic heterocycles. The number of aromatic amines is 1. The second-order valence-electron chi connectivity index (χ2n) is 20.1. The fourth-order valence-electron chi connectivity index (χ4n) is 11.8. The Bertz CT molecular complexity index is 2780. The van der Waals surface area contributed by atoms with E-state index in [1.54, 1.807) is 38.6 Å². The van der Waals surface area contributed by atoms with Crippen molar-refractivity contribution < 1.29 is 23.5 Å². The van der Waals surface area contributed by atoms with Crippen molar-refractivity contribution in [1.82, 2.24) is 39.7 Å². The summed E-state index contributed by atoms with van der Waals surface area (Å²) < 4.78 is 23.5. The average Bonchev–Trinajstić information content (AvgIpc) is 3.39. The molecule has 14 nitrogen and oxygen atoms in total. The number of hydrogen-bond donors (Lipinski definition) is 2. The van der Waals surface area contributed by atoms with Crippen LogP contribution in [0.15, 0.2) is 82.5 Å². The predicted octanol–water partition coefficient (Wildman–Crippen LogP) is 6.01. The van der Waals surface area contributed by atoms with Crippen molar-refractivity contribution in [2.45, 2.75) is 101 Å². The Kier molecular flexibility index (Phi) is 14.3. The second-order valence-corrected chi connectivity index (χ2v) is 20.1. The molecule has 364 valence electrons. The van der Waals surface area contributed by atoms with Crippen LogP contribution in [0.1, 0.15) is 110 Å². The highest BCUT2D eigenvalue weighted by Crippen LogP contribution is 2.36. The highest BCUT2D eigenvalue weighted by Gasteiger charge is 2.37. The van der Waals surface area contributed by atoms with E-state index in [-0.39, 0.29) is 46.6 Å². The van der Waals surface area contributed by atoms with E-state index in [4.69, 9.17) is 4.74 Å². The van der Waals surface area contributed by atoms with Crippen LogP contribution >= 0.6 is 0 Å². The standard InChI is InChI=1S/C54H65FN8O6/c55-47-16-15-36(33-48-43-11-4-5-12-44(43)51(65)58-57-48)32-46(47)52(66)62-30-28-60(29-31-62)49(64)35-59-23-17-39(18-24-59)69-40-19-25-61(26-20-40)54(68)50(37-8-2-1-3-9-37)63-27-21-42-41(38-10-7-22-56-34-38)13-6-14-45(42)53(63)67/h4-6,11-16,21,27,32,37-40,50,56H,1-3,7-10,17-20,22-26,28-31,33-35H2,(H,58,65)/t38?,50-/m1/s1. The van der Waals surface area contributed by atoms with Gasteiger partial charge in [-0.1, -0.05) is 55.7 Å². The SMILES string of the molecule is O=C(CN1CCC(OC2CCN(C(=O)[C@@H](C3CCCCC3)n3ccc4c(C5CCCNC5)cccc4c3=O)CC2)CC1)N1CCN(C(=O)c2cc(Cc3n[nH]c(=O)c4ccccc34)ccc2F)CC1. The van der Waals surface area contributed by atoms with Gasteiger partial charge in [-0.2, -0.15) is 5.10 Å². The van der Waals surface area contributed by atoms with Crippen LogP contribution in [0.3, 0.4) is 0 Å². The minimum Gasteiger partial charge on any atom is -0.375 e. The van der Waals surface area contributed by atoms with Crippen molar-refractivity contribution >= 4 is 39.3 Å². The van der Waals surface area contributed by atoms with E-state index in [2.05, 4.69) is 32.5 Å². The summed E-state index contributed by atoms with van der Waals surface area (Å²) in [5.41, 5.74) is 2.18. The number of piperazine rings is 1. The van der Waals surface area contributed by atoms with Crippen LogP contribution in [0.25, 0.3) is 21.5 Å². The van der Waals surface area contributed by atoms with Crippen molar-refractivity contribution in [3.05, 3.63) is 122 Å². The zero-order chi connectivity index (χ0) is 47.4. The number of halogens is 1. The Balaban J connectivity index is 0.685. The lowest BCUT2D eigenvalue weighted by atomic mass is 9.82. The maximum Gasteiger partial charge on any atom is 0.272 e. The average molecular weight is 941 g/mol. The summed E-state index contributed by atoms with van der Waals surface area (Å²) in [6, 6.07) is 19.3. The van der Waals surface area contributed by atoms with E-state index >= 15 is 4.39 Å². The van der Waals surface area contributed by atoms with Crippen LogP contribution in [-0.2, 0) is 20.7 Å². The molecule has 15 heteroatoms. The van der Waals surface area contributed by atoms with Gasteiger partial charge in [-0.3, -0.25) is 28.9 Å². The first-order chi connectivity index (χ1) is 33.7. The highest BCUT2D eigenvalue weighted by molar-refractivity contribution is 5.95. The molecule has 2 N–H and O–H groups in total. The molecule has 10 rings (SSSR count). The van der Waals surface area contributed by atoms with E-state index in [1.807, 2.05) is 35.4 Å². The fourth-order valence-corrected chi connectivity index (χ4v) is 11.8. The number of ether oxygens (including phenoxy) is 1. The van der Waals surface area contributed by atoms with Gasteiger partial charge in [-0.15, -0.1) is 0 Å². The number of likely N-dealkylation sites (tertiary alicyclic amines) is 2. The quantitative estimate of drug-likeness (QED) is 0.162. The molecule has 5 aliphatic rings. The summed E-state index contributed by atoms with van der Waals surface area (Å²) in [5, 5.41) is 13.2. The molecule has 0 radical (unpaired) electrons. The van der Waals surface area contributed by atoms with Gasteiger partial charge in [0.05, 0.1) is 35.4 Å². The highest BCUT2D eigenvalue weighted by atomic mass is 19.1. The summed E-state index contributed by atoms with van der Waals surface area (Å²) in [6.07, 6.45) is 13.0. The van der Waals surface area contributed by atoms with Gasteiger partial charge in [0, 0.05) is 82.3 Å². The smallest absolute Gasteiger partial charge is 0.272 e. The molecule has 3 aromatic carbocycles. The lowest BCUT2D eigenvalue weighted by Gasteiger charge is -2.40. The zero-order valence-electron chi connectivity index (χ0n) is 39.6. The number of aromatic nitrogens is 3. The Morgan fingerprint density at radius 3 is 2.16 bits per heavy atom. The van der Waals surface area contributed by atoms with Gasteiger partial charge in [0.15, 0.2) is 0 Å². The maximum absolute atomic E-state index is 15.1. The van der Waals surface area contributed by atoms with Gasteiger partial charge in [-0.05, 0) is 117 Å². The first-order valence-corrected chi connectivity index (χ1v) is 25.5. The molecule has 4 aliphatic heterocycles. The third kappa shape index (κ3) is 10.3. The number of fused-ring (bicyclic) bond motifs is 2. The molecule has 1 unspecified atom stereocenters. The Morgan fingerprint density at radius 1 is 0.710 bits per heavy atom. The van der Waals surface area contributed by atoms with Crippen LogP contribution < -0.4 is 16.4 Å². The monoisotopic (exact) mass is 941 g/mol. The van der Waals surface area contributed by atoms with Crippen molar-refractivity contribution in [2.24, 2.45) is 5.92 Å². The first-order valence-electron chi connectivity index (χ1n) is 25.5. The summed E-state index contributed by atoms with van der Waals surface area (Å²) in [4.78, 5) is 75.8. The third-order valence-corrected chi connectivity index (χ3v) is 15.8. The van der Waals surface area contributed by atoms with E-state index in [0.29, 0.717) is 85.6 Å². The van der Waals surface area contributed by atoms with Crippen LogP contribution in [0.2, 0.25) is 0 Å². The van der Waals surface area contributed by atoms with E-state index in [9.17, 15) is 24.0 Å². The van der Waals surface area contributed by atoms with Crippen LogP contribution in [0.4, 0.5) is 4.39 Å². The van der Waals surface area contributed by atoms with E-state index in [0.717, 1.165) is 95.8 Å². The predicted molar refractivity (Wildman–Crippen MR) is 263 cm³/mol. The Labute approximate surface area is 402 Å². The molecular weight excluding hydrogens is 876 g/mol. The summed E-state index contributed by atoms with van der Waals surface area (Å²) >= 11 is 0. The number of benzene rings is 3. The molecule has 1 saturated carbocycles. The number of H-pyrrole nitrogens is 1. The van der Waals surface area contributed by atoms with Gasteiger partial charge in [0.2, 0.25) is 11.8 Å². The van der Waals surface area contributed by atoms with Crippen LogP contribution in [-0.4, -0.2) is 136 Å². The van der Waals surface area contributed by atoms with Gasteiger partial charge in [-0.25, -0.2) is 9.49 Å². The van der Waals surface area contributed by atoms with Crippen molar-refractivity contribution in [3.8, 4) is 0 Å². The summed E-state index contributed by atoms with van der Waals surface area (Å²) in [5.74, 6) is -0.427. The molecule has 2 atom stereocenters. The molecule has 0 bridgehead atoms. The number of pyridine rings is 1. The molecule has 0 spiro atoms. The topological polar surface area (TPSA) is 153 Å². The van der Waals surface area contributed by atoms with Crippen LogP contribution in [0, 0.1) is 11.7 Å². The van der Waals surface area contributed by atoms with Crippen LogP contribution in [0.5, 0.6) is 0 Å². The fraction of sp³-hybridized carbons (Fsp3) is 0.519. The number of nitrogens with zero attached hydrogens (tertiary/aromatic N) is 6. The molecule has 6 heterocycles. The zero-order valence-corrected chi connectivity index (χ0v) is 39.6. The van der Waals surface area contributed by atoms with Gasteiger partial charge >= 0.3 is 0 Å². The normalized spacial score (nSPS) is 20.9. The Hall–Kier alpha value is -5.77. The number of amides is 3. The number of hydrogen-bond acceptors (Lipinski definition) is 9. The van der Waals surface area contributed by atoms with Gasteiger partial charge in [0.1, 0.15) is 11.9 Å². The van der Waals surface area contributed by atoms with Gasteiger partial charge < -0.3 is 29.3 Å². The molecule has 5 fully saturated rings. The van der Waals surface area contributed by atoms with Crippen molar-refractivity contribution in [2.75, 3.05) is 72.0 Å². The van der Waals surface area contributed by atoms with Gasteiger partial charge in [0.25, 0.3) is 17.0 Å². The number of carbonyl (C=O) groups excluding carboxylic acids is 3.